The van der Waals surface area contributed by atoms with Crippen LogP contribution in [-0.2, 0) is 11.2 Å². The number of rotatable bonds is 3. The van der Waals surface area contributed by atoms with Crippen LogP contribution in [0.1, 0.15) is 5.56 Å². The summed E-state index contributed by atoms with van der Waals surface area (Å²) in [6.45, 7) is 0. The normalized spacial score (nSPS) is 10.3. The van der Waals surface area contributed by atoms with Crippen LogP contribution in [0.25, 0.3) is 0 Å². The number of halogens is 3. The lowest BCUT2D eigenvalue weighted by Crippen LogP contribution is -2.17. The average molecular weight is 280 g/mol. The van der Waals surface area contributed by atoms with Gasteiger partial charge in [0, 0.05) is 0 Å². The minimum atomic E-state index is -1.21. The lowest BCUT2D eigenvalue weighted by Gasteiger charge is -2.09. The summed E-state index contributed by atoms with van der Waals surface area (Å²) < 4.78 is 39.3. The molecule has 0 saturated heterocycles. The first-order valence-electron chi connectivity index (χ1n) is 5.75. The summed E-state index contributed by atoms with van der Waals surface area (Å²) in [5.41, 5.74) is 5.56. The minimum absolute atomic E-state index is 0.0728. The molecule has 0 fully saturated rings. The molecule has 2 aromatic rings. The number of carbonyl (C=O) groups excluding carboxylic acids is 1. The van der Waals surface area contributed by atoms with Crippen LogP contribution in [0, 0.1) is 17.5 Å². The van der Waals surface area contributed by atoms with Gasteiger partial charge < -0.3 is 11.1 Å². The van der Waals surface area contributed by atoms with Gasteiger partial charge in [0.1, 0.15) is 11.5 Å². The van der Waals surface area contributed by atoms with Crippen molar-refractivity contribution in [2.75, 3.05) is 11.1 Å². The van der Waals surface area contributed by atoms with Gasteiger partial charge in [0.15, 0.2) is 11.6 Å². The molecule has 0 aromatic heterocycles. The fraction of sp³-hybridized carbons (Fsp3) is 0.0714. The number of nitrogens with one attached hydrogen (secondary N) is 1. The molecule has 0 radical (unpaired) electrons. The van der Waals surface area contributed by atoms with E-state index in [1.54, 1.807) is 0 Å². The maximum Gasteiger partial charge on any atom is 0.228 e. The highest BCUT2D eigenvalue weighted by Crippen LogP contribution is 2.24. The van der Waals surface area contributed by atoms with Crippen LogP contribution in [0.15, 0.2) is 36.4 Å². The Kier molecular flexibility index (Phi) is 3.93. The minimum Gasteiger partial charge on any atom is -0.397 e. The van der Waals surface area contributed by atoms with E-state index in [0.717, 1.165) is 12.1 Å². The predicted octanol–water partition coefficient (Wildman–Crippen LogP) is 2.87. The van der Waals surface area contributed by atoms with Crippen molar-refractivity contribution in [3.05, 3.63) is 59.4 Å². The lowest BCUT2D eigenvalue weighted by molar-refractivity contribution is -0.115. The van der Waals surface area contributed by atoms with E-state index in [1.807, 2.05) is 0 Å². The van der Waals surface area contributed by atoms with Crippen LogP contribution >= 0.6 is 0 Å². The number of hydrogen-bond acceptors (Lipinski definition) is 2. The van der Waals surface area contributed by atoms with E-state index in [-0.39, 0.29) is 12.1 Å². The highest BCUT2D eigenvalue weighted by molar-refractivity contribution is 5.95. The van der Waals surface area contributed by atoms with Gasteiger partial charge in [-0.1, -0.05) is 12.1 Å². The van der Waals surface area contributed by atoms with E-state index in [4.69, 9.17) is 5.73 Å². The van der Waals surface area contributed by atoms with Gasteiger partial charge in [0.25, 0.3) is 0 Å². The second-order valence-electron chi connectivity index (χ2n) is 4.18. The first-order chi connectivity index (χ1) is 9.47. The molecule has 0 aliphatic heterocycles. The average Bonchev–Trinajstić information content (AvgIpc) is 2.42. The molecule has 0 bridgehead atoms. The van der Waals surface area contributed by atoms with Crippen molar-refractivity contribution >= 4 is 17.3 Å². The molecule has 3 nitrogen and oxygen atoms in total. The second-order valence-corrected chi connectivity index (χ2v) is 4.18. The van der Waals surface area contributed by atoms with Crippen molar-refractivity contribution < 1.29 is 18.0 Å². The lowest BCUT2D eigenvalue weighted by atomic mass is 10.1. The summed E-state index contributed by atoms with van der Waals surface area (Å²) in [6, 6.07) is 7.31. The number of benzene rings is 2. The van der Waals surface area contributed by atoms with Crippen molar-refractivity contribution in [3.63, 3.8) is 0 Å². The Morgan fingerprint density at radius 1 is 1.05 bits per heavy atom. The molecule has 0 unspecified atom stereocenters. The Balaban J connectivity index is 2.12. The standard InChI is InChI=1S/C14H11F3N2O/c15-9-3-1-8(2-4-9)7-12(20)19-14-11(18)6-5-10(16)13(14)17/h1-6H,7,18H2,(H,19,20). The van der Waals surface area contributed by atoms with Crippen LogP contribution < -0.4 is 11.1 Å². The molecule has 0 heterocycles. The Labute approximate surface area is 113 Å². The van der Waals surface area contributed by atoms with Crippen LogP contribution in [0.5, 0.6) is 0 Å². The molecule has 0 aliphatic rings. The van der Waals surface area contributed by atoms with Gasteiger partial charge in [-0.15, -0.1) is 0 Å². The summed E-state index contributed by atoms with van der Waals surface area (Å²) in [5.74, 6) is -3.31. The predicted molar refractivity (Wildman–Crippen MR) is 69.5 cm³/mol. The fourth-order valence-corrected chi connectivity index (χ4v) is 1.66. The topological polar surface area (TPSA) is 55.1 Å². The third-order valence-corrected chi connectivity index (χ3v) is 2.67. The number of amides is 1. The number of hydrogen-bond donors (Lipinski definition) is 2. The first kappa shape index (κ1) is 13.9. The molecule has 20 heavy (non-hydrogen) atoms. The van der Waals surface area contributed by atoms with E-state index in [2.05, 4.69) is 5.32 Å². The summed E-state index contributed by atoms with van der Waals surface area (Å²) in [4.78, 5) is 11.7. The van der Waals surface area contributed by atoms with Crippen molar-refractivity contribution in [3.8, 4) is 0 Å². The zero-order valence-electron chi connectivity index (χ0n) is 10.3. The molecule has 0 spiro atoms. The molecule has 0 atom stereocenters. The van der Waals surface area contributed by atoms with E-state index in [9.17, 15) is 18.0 Å². The second kappa shape index (κ2) is 5.64. The molecule has 2 rings (SSSR count). The van der Waals surface area contributed by atoms with Gasteiger partial charge in [-0.25, -0.2) is 13.2 Å². The molecule has 104 valence electrons. The molecule has 0 saturated carbocycles. The Morgan fingerprint density at radius 2 is 1.70 bits per heavy atom. The van der Waals surface area contributed by atoms with Gasteiger partial charge in [0.2, 0.25) is 5.91 Å². The van der Waals surface area contributed by atoms with Crippen LogP contribution in [0.4, 0.5) is 24.5 Å². The van der Waals surface area contributed by atoms with Gasteiger partial charge in [0.05, 0.1) is 12.1 Å². The third kappa shape index (κ3) is 3.09. The van der Waals surface area contributed by atoms with E-state index in [1.165, 1.54) is 24.3 Å². The molecule has 3 N–H and O–H groups in total. The maximum absolute atomic E-state index is 13.5. The number of nitrogen functional groups attached to an aromatic ring is 1. The summed E-state index contributed by atoms with van der Waals surface area (Å²) in [7, 11) is 0. The number of nitrogens with two attached hydrogens (primary N) is 1. The first-order valence-corrected chi connectivity index (χ1v) is 5.75. The SMILES string of the molecule is Nc1ccc(F)c(F)c1NC(=O)Cc1ccc(F)cc1. The van der Waals surface area contributed by atoms with E-state index >= 15 is 0 Å². The zero-order chi connectivity index (χ0) is 14.7. The third-order valence-electron chi connectivity index (χ3n) is 2.67. The fourth-order valence-electron chi connectivity index (χ4n) is 1.66. The van der Waals surface area contributed by atoms with Gasteiger partial charge in [-0.2, -0.15) is 0 Å². The highest BCUT2D eigenvalue weighted by Gasteiger charge is 2.14. The van der Waals surface area contributed by atoms with Gasteiger partial charge >= 0.3 is 0 Å². The van der Waals surface area contributed by atoms with Crippen molar-refractivity contribution in [2.24, 2.45) is 0 Å². The van der Waals surface area contributed by atoms with Crippen LogP contribution in [-0.4, -0.2) is 5.91 Å². The van der Waals surface area contributed by atoms with Gasteiger partial charge in [-0.3, -0.25) is 4.79 Å². The molecular formula is C14H11F3N2O. The molecule has 6 heteroatoms. The smallest absolute Gasteiger partial charge is 0.228 e. The quantitative estimate of drug-likeness (QED) is 0.849. The van der Waals surface area contributed by atoms with E-state index in [0.29, 0.717) is 5.56 Å². The largest absolute Gasteiger partial charge is 0.397 e. The van der Waals surface area contributed by atoms with E-state index < -0.39 is 29.0 Å². The molecular weight excluding hydrogens is 269 g/mol. The maximum atomic E-state index is 13.5. The zero-order valence-corrected chi connectivity index (χ0v) is 10.3. The van der Waals surface area contributed by atoms with Gasteiger partial charge in [-0.05, 0) is 29.8 Å². The Hall–Kier alpha value is -2.50. The van der Waals surface area contributed by atoms with Crippen LogP contribution in [0.3, 0.4) is 0 Å². The highest BCUT2D eigenvalue weighted by atomic mass is 19.2. The molecule has 1 amide bonds. The van der Waals surface area contributed by atoms with Crippen molar-refractivity contribution in [1.82, 2.24) is 0 Å². The summed E-state index contributed by atoms with van der Waals surface area (Å²) in [6.07, 6.45) is -0.102. The Morgan fingerprint density at radius 3 is 2.35 bits per heavy atom. The van der Waals surface area contributed by atoms with Crippen molar-refractivity contribution in [2.45, 2.75) is 6.42 Å². The number of anilines is 2. The number of carbonyl (C=O) groups is 1. The monoisotopic (exact) mass is 280 g/mol. The molecule has 2 aromatic carbocycles. The van der Waals surface area contributed by atoms with Crippen LogP contribution in [0.2, 0.25) is 0 Å². The summed E-state index contributed by atoms with van der Waals surface area (Å²) >= 11 is 0. The van der Waals surface area contributed by atoms with Crippen molar-refractivity contribution in [1.29, 1.82) is 0 Å². The Bertz CT molecular complexity index is 642. The molecule has 0 aliphatic carbocycles. The summed E-state index contributed by atoms with van der Waals surface area (Å²) in [5, 5.41) is 2.21.